The first-order valence-corrected chi connectivity index (χ1v) is 4.82. The van der Waals surface area contributed by atoms with Gasteiger partial charge in [-0.25, -0.2) is 0 Å². The van der Waals surface area contributed by atoms with Gasteiger partial charge in [0.1, 0.15) is 6.10 Å². The topological polar surface area (TPSA) is 37.3 Å². The molecule has 1 rings (SSSR count). The summed E-state index contributed by atoms with van der Waals surface area (Å²) in [5.74, 6) is -0.222. The van der Waals surface area contributed by atoms with Crippen molar-refractivity contribution >= 4 is 5.78 Å². The van der Waals surface area contributed by atoms with Gasteiger partial charge in [-0.3, -0.25) is 4.79 Å². The minimum absolute atomic E-state index is 0.0397. The fraction of sp³-hybridized carbons (Fsp3) is 0.417. The summed E-state index contributed by atoms with van der Waals surface area (Å²) in [5.41, 5.74) is 1.53. The van der Waals surface area contributed by atoms with Crippen LogP contribution in [0.1, 0.15) is 29.8 Å². The van der Waals surface area contributed by atoms with Crippen molar-refractivity contribution in [3.8, 4) is 0 Å². The quantitative estimate of drug-likeness (QED) is 0.745. The molecule has 1 aromatic carbocycles. The average Bonchev–Trinajstić information content (AvgIpc) is 2.16. The Hall–Kier alpha value is -1.15. The Labute approximate surface area is 84.6 Å². The number of benzene rings is 1. The molecule has 0 saturated carbocycles. The van der Waals surface area contributed by atoms with E-state index in [-0.39, 0.29) is 11.7 Å². The molecule has 14 heavy (non-hydrogen) atoms. The molecule has 1 N–H and O–H groups in total. The van der Waals surface area contributed by atoms with E-state index in [9.17, 15) is 9.90 Å². The Morgan fingerprint density at radius 1 is 1.29 bits per heavy atom. The molecule has 0 saturated heterocycles. The Bertz CT molecular complexity index is 329. The predicted molar refractivity (Wildman–Crippen MR) is 56.4 cm³/mol. The van der Waals surface area contributed by atoms with E-state index in [2.05, 4.69) is 0 Å². The first kappa shape index (κ1) is 10.9. The van der Waals surface area contributed by atoms with Gasteiger partial charge in [-0.05, 0) is 18.4 Å². The van der Waals surface area contributed by atoms with Crippen LogP contribution in [0.3, 0.4) is 0 Å². The van der Waals surface area contributed by atoms with E-state index in [1.807, 2.05) is 39.0 Å². The van der Waals surface area contributed by atoms with E-state index >= 15 is 0 Å². The second kappa shape index (κ2) is 4.38. The first-order chi connectivity index (χ1) is 6.54. The molecule has 0 aliphatic rings. The number of aryl methyl sites for hydroxylation is 1. The molecular weight excluding hydrogens is 176 g/mol. The molecule has 0 amide bonds. The molecule has 1 aromatic rings. The molecule has 0 fully saturated rings. The van der Waals surface area contributed by atoms with Crippen LogP contribution >= 0.6 is 0 Å². The molecule has 76 valence electrons. The summed E-state index contributed by atoms with van der Waals surface area (Å²) in [6, 6.07) is 7.32. The Morgan fingerprint density at radius 3 is 2.36 bits per heavy atom. The summed E-state index contributed by atoms with van der Waals surface area (Å²) in [5, 5.41) is 9.62. The summed E-state index contributed by atoms with van der Waals surface area (Å²) in [6.07, 6.45) is -0.892. The lowest BCUT2D eigenvalue weighted by Crippen LogP contribution is -2.26. The van der Waals surface area contributed by atoms with Crippen LogP contribution in [-0.4, -0.2) is 17.0 Å². The number of carbonyl (C=O) groups is 1. The van der Waals surface area contributed by atoms with Crippen LogP contribution in [0.4, 0.5) is 0 Å². The lowest BCUT2D eigenvalue weighted by molar-refractivity contribution is 0.0647. The van der Waals surface area contributed by atoms with Gasteiger partial charge in [0.15, 0.2) is 5.78 Å². The van der Waals surface area contributed by atoms with Crippen molar-refractivity contribution in [1.82, 2.24) is 0 Å². The minimum Gasteiger partial charge on any atom is -0.385 e. The normalized spacial score (nSPS) is 12.9. The molecule has 2 nitrogen and oxygen atoms in total. The number of carbonyl (C=O) groups excluding carboxylic acids is 1. The van der Waals surface area contributed by atoms with Crippen LogP contribution in [-0.2, 0) is 0 Å². The van der Waals surface area contributed by atoms with Gasteiger partial charge in [-0.1, -0.05) is 38.1 Å². The lowest BCUT2D eigenvalue weighted by atomic mass is 9.95. The van der Waals surface area contributed by atoms with Gasteiger partial charge in [-0.2, -0.15) is 0 Å². The average molecular weight is 192 g/mol. The number of aliphatic hydroxyl groups excluding tert-OH is 1. The van der Waals surface area contributed by atoms with Gasteiger partial charge in [0.2, 0.25) is 0 Å². The third kappa shape index (κ3) is 2.20. The zero-order valence-corrected chi connectivity index (χ0v) is 8.82. The van der Waals surface area contributed by atoms with Gasteiger partial charge >= 0.3 is 0 Å². The highest BCUT2D eigenvalue weighted by Crippen LogP contribution is 2.13. The first-order valence-electron chi connectivity index (χ1n) is 4.82. The van der Waals surface area contributed by atoms with Crippen molar-refractivity contribution in [3.05, 3.63) is 35.4 Å². The van der Waals surface area contributed by atoms with Gasteiger partial charge < -0.3 is 5.11 Å². The number of hydrogen-bond acceptors (Lipinski definition) is 2. The molecule has 0 radical (unpaired) electrons. The summed E-state index contributed by atoms with van der Waals surface area (Å²) in [4.78, 5) is 11.8. The maximum absolute atomic E-state index is 11.8. The smallest absolute Gasteiger partial charge is 0.191 e. The predicted octanol–water partition coefficient (Wildman–Crippen LogP) is 2.19. The molecule has 0 aliphatic heterocycles. The van der Waals surface area contributed by atoms with E-state index in [0.29, 0.717) is 5.56 Å². The van der Waals surface area contributed by atoms with Crippen LogP contribution in [0.5, 0.6) is 0 Å². The number of Topliss-reactive ketones (excluding diaryl/α,β-unsaturated/α-hetero) is 1. The van der Waals surface area contributed by atoms with Crippen LogP contribution in [0.15, 0.2) is 24.3 Å². The minimum atomic E-state index is -0.892. The zero-order valence-electron chi connectivity index (χ0n) is 8.82. The zero-order chi connectivity index (χ0) is 10.7. The standard InChI is InChI=1S/C12H16O2/c1-8(2)11(13)12(14)10-7-5-4-6-9(10)3/h4-8,11,13H,1-3H3. The number of aliphatic hydroxyl groups is 1. The van der Waals surface area contributed by atoms with Gasteiger partial charge in [0.05, 0.1) is 0 Å². The fourth-order valence-corrected chi connectivity index (χ4v) is 1.31. The molecule has 1 atom stereocenters. The Balaban J connectivity index is 2.95. The summed E-state index contributed by atoms with van der Waals surface area (Å²) < 4.78 is 0. The van der Waals surface area contributed by atoms with Crippen molar-refractivity contribution in [3.63, 3.8) is 0 Å². The summed E-state index contributed by atoms with van der Waals surface area (Å²) in [6.45, 7) is 5.54. The summed E-state index contributed by atoms with van der Waals surface area (Å²) >= 11 is 0. The monoisotopic (exact) mass is 192 g/mol. The van der Waals surface area contributed by atoms with E-state index < -0.39 is 6.10 Å². The van der Waals surface area contributed by atoms with Gasteiger partial charge in [0.25, 0.3) is 0 Å². The van der Waals surface area contributed by atoms with Crippen molar-refractivity contribution in [2.45, 2.75) is 26.9 Å². The summed E-state index contributed by atoms with van der Waals surface area (Å²) in [7, 11) is 0. The molecule has 0 bridgehead atoms. The maximum Gasteiger partial charge on any atom is 0.191 e. The van der Waals surface area contributed by atoms with Crippen molar-refractivity contribution in [1.29, 1.82) is 0 Å². The third-order valence-electron chi connectivity index (χ3n) is 2.31. The van der Waals surface area contributed by atoms with Crippen LogP contribution in [0, 0.1) is 12.8 Å². The van der Waals surface area contributed by atoms with Crippen LogP contribution in [0.25, 0.3) is 0 Å². The molecule has 0 aliphatic carbocycles. The third-order valence-corrected chi connectivity index (χ3v) is 2.31. The Morgan fingerprint density at radius 2 is 1.86 bits per heavy atom. The maximum atomic E-state index is 11.8. The van der Waals surface area contributed by atoms with Crippen molar-refractivity contribution in [2.75, 3.05) is 0 Å². The highest BCUT2D eigenvalue weighted by atomic mass is 16.3. The molecule has 0 aromatic heterocycles. The molecule has 0 heterocycles. The molecule has 0 spiro atoms. The van der Waals surface area contributed by atoms with E-state index in [0.717, 1.165) is 5.56 Å². The van der Waals surface area contributed by atoms with Crippen LogP contribution < -0.4 is 0 Å². The largest absolute Gasteiger partial charge is 0.385 e. The van der Waals surface area contributed by atoms with E-state index in [1.165, 1.54) is 0 Å². The molecular formula is C12H16O2. The lowest BCUT2D eigenvalue weighted by Gasteiger charge is -2.14. The second-order valence-corrected chi connectivity index (χ2v) is 3.87. The molecule has 2 heteroatoms. The SMILES string of the molecule is Cc1ccccc1C(=O)C(O)C(C)C. The van der Waals surface area contributed by atoms with E-state index in [4.69, 9.17) is 0 Å². The van der Waals surface area contributed by atoms with Crippen molar-refractivity contribution < 1.29 is 9.90 Å². The number of ketones is 1. The van der Waals surface area contributed by atoms with Crippen LogP contribution in [0.2, 0.25) is 0 Å². The Kier molecular flexibility index (Phi) is 3.42. The molecule has 1 unspecified atom stereocenters. The van der Waals surface area contributed by atoms with Gasteiger partial charge in [-0.15, -0.1) is 0 Å². The highest BCUT2D eigenvalue weighted by Gasteiger charge is 2.21. The van der Waals surface area contributed by atoms with Crippen molar-refractivity contribution in [2.24, 2.45) is 5.92 Å². The second-order valence-electron chi connectivity index (χ2n) is 3.87. The van der Waals surface area contributed by atoms with E-state index in [1.54, 1.807) is 6.07 Å². The van der Waals surface area contributed by atoms with Gasteiger partial charge in [0, 0.05) is 5.56 Å². The number of rotatable bonds is 3. The fourth-order valence-electron chi connectivity index (χ4n) is 1.31. The number of hydrogen-bond donors (Lipinski definition) is 1. The highest BCUT2D eigenvalue weighted by molar-refractivity contribution is 6.00.